The number of rotatable bonds is 5. The molecule has 114 valence electrons. The van der Waals surface area contributed by atoms with E-state index >= 15 is 0 Å². The van der Waals surface area contributed by atoms with Crippen LogP contribution in [0.15, 0.2) is 9.05 Å². The van der Waals surface area contributed by atoms with Gasteiger partial charge in [0.15, 0.2) is 5.82 Å². The maximum atomic E-state index is 5.94. The second-order valence-electron chi connectivity index (χ2n) is 5.44. The molecule has 3 heterocycles. The second kappa shape index (κ2) is 5.95. The molecule has 1 aliphatic heterocycles. The van der Waals surface area contributed by atoms with Crippen molar-refractivity contribution < 1.29 is 13.8 Å². The van der Waals surface area contributed by atoms with E-state index in [1.165, 1.54) is 0 Å². The third-order valence-corrected chi connectivity index (χ3v) is 3.78. The molecule has 7 heteroatoms. The Labute approximate surface area is 123 Å². The Kier molecular flexibility index (Phi) is 4.03. The zero-order valence-electron chi connectivity index (χ0n) is 12.5. The van der Waals surface area contributed by atoms with Crippen molar-refractivity contribution in [2.75, 3.05) is 6.54 Å². The van der Waals surface area contributed by atoms with E-state index < -0.39 is 0 Å². The van der Waals surface area contributed by atoms with Gasteiger partial charge in [-0.3, -0.25) is 0 Å². The minimum Gasteiger partial charge on any atom is -0.364 e. The van der Waals surface area contributed by atoms with Crippen molar-refractivity contribution in [3.05, 3.63) is 28.7 Å². The molecule has 2 aromatic heterocycles. The van der Waals surface area contributed by atoms with Crippen molar-refractivity contribution in [2.24, 2.45) is 0 Å². The standard InChI is InChI=1S/C14H20N4O3/c1-8-12(9(2)20-17-8)7-15-6-11-4-5-13(19-11)14-16-10(3)18-21-14/h11,13,15H,4-7H2,1-3H3/t11-,13+/m1/s1. The molecular weight excluding hydrogens is 272 g/mol. The highest BCUT2D eigenvalue weighted by molar-refractivity contribution is 5.20. The summed E-state index contributed by atoms with van der Waals surface area (Å²) in [5.41, 5.74) is 2.06. The minimum atomic E-state index is -0.0722. The zero-order valence-corrected chi connectivity index (χ0v) is 12.5. The Bertz CT molecular complexity index is 588. The molecule has 7 nitrogen and oxygen atoms in total. The average molecular weight is 292 g/mol. The van der Waals surface area contributed by atoms with Crippen molar-refractivity contribution >= 4 is 0 Å². The molecule has 1 fully saturated rings. The normalized spacial score (nSPS) is 22.0. The first kappa shape index (κ1) is 14.2. The first-order valence-corrected chi connectivity index (χ1v) is 7.21. The van der Waals surface area contributed by atoms with Crippen LogP contribution < -0.4 is 5.32 Å². The second-order valence-corrected chi connectivity index (χ2v) is 5.44. The highest BCUT2D eigenvalue weighted by Gasteiger charge is 2.30. The Balaban J connectivity index is 1.47. The van der Waals surface area contributed by atoms with E-state index in [0.717, 1.165) is 42.9 Å². The smallest absolute Gasteiger partial charge is 0.255 e. The maximum Gasteiger partial charge on any atom is 0.255 e. The van der Waals surface area contributed by atoms with Gasteiger partial charge in [0, 0.05) is 18.7 Å². The summed E-state index contributed by atoms with van der Waals surface area (Å²) in [5, 5.41) is 11.1. The molecule has 0 amide bonds. The van der Waals surface area contributed by atoms with Gasteiger partial charge in [0.25, 0.3) is 5.89 Å². The van der Waals surface area contributed by atoms with Crippen LogP contribution in [-0.4, -0.2) is 27.9 Å². The lowest BCUT2D eigenvalue weighted by Gasteiger charge is -2.12. The molecule has 0 spiro atoms. The Hall–Kier alpha value is -1.73. The van der Waals surface area contributed by atoms with E-state index in [9.17, 15) is 0 Å². The first-order chi connectivity index (χ1) is 10.1. The van der Waals surface area contributed by atoms with Gasteiger partial charge in [0.2, 0.25) is 0 Å². The fourth-order valence-corrected chi connectivity index (χ4v) is 2.59. The van der Waals surface area contributed by atoms with E-state index in [1.54, 1.807) is 0 Å². The van der Waals surface area contributed by atoms with Gasteiger partial charge in [-0.1, -0.05) is 10.3 Å². The molecule has 1 N–H and O–H groups in total. The summed E-state index contributed by atoms with van der Waals surface area (Å²) in [6.07, 6.45) is 2.00. The van der Waals surface area contributed by atoms with Crippen LogP contribution in [0.1, 0.15) is 47.7 Å². The molecule has 0 radical (unpaired) electrons. The number of aryl methyl sites for hydroxylation is 3. The van der Waals surface area contributed by atoms with Gasteiger partial charge >= 0.3 is 0 Å². The Morgan fingerprint density at radius 1 is 1.14 bits per heavy atom. The summed E-state index contributed by atoms with van der Waals surface area (Å²) >= 11 is 0. The minimum absolute atomic E-state index is 0.0722. The maximum absolute atomic E-state index is 5.94. The molecule has 3 rings (SSSR count). The van der Waals surface area contributed by atoms with Crippen molar-refractivity contribution in [1.82, 2.24) is 20.6 Å². The number of hydrogen-bond acceptors (Lipinski definition) is 7. The average Bonchev–Trinajstić information content (AvgIpc) is 3.15. The molecule has 0 bridgehead atoms. The molecule has 21 heavy (non-hydrogen) atoms. The summed E-state index contributed by atoms with van der Waals surface area (Å²) in [5.74, 6) is 2.10. The number of nitrogens with zero attached hydrogens (tertiary/aromatic N) is 3. The van der Waals surface area contributed by atoms with Crippen LogP contribution in [0.25, 0.3) is 0 Å². The van der Waals surface area contributed by atoms with Crippen LogP contribution in [0, 0.1) is 20.8 Å². The van der Waals surface area contributed by atoms with Gasteiger partial charge < -0.3 is 19.1 Å². The van der Waals surface area contributed by atoms with E-state index in [4.69, 9.17) is 13.8 Å². The molecule has 0 saturated carbocycles. The summed E-state index contributed by atoms with van der Waals surface area (Å²) in [4.78, 5) is 4.23. The molecule has 0 aliphatic carbocycles. The van der Waals surface area contributed by atoms with Crippen LogP contribution in [0.4, 0.5) is 0 Å². The molecular formula is C14H20N4O3. The molecule has 1 saturated heterocycles. The predicted octanol–water partition coefficient (Wildman–Crippen LogP) is 1.99. The molecule has 0 aromatic carbocycles. The third kappa shape index (κ3) is 3.14. The van der Waals surface area contributed by atoms with Crippen LogP contribution in [0.2, 0.25) is 0 Å². The quantitative estimate of drug-likeness (QED) is 0.901. The lowest BCUT2D eigenvalue weighted by molar-refractivity contribution is 0.0264. The van der Waals surface area contributed by atoms with E-state index in [2.05, 4.69) is 20.6 Å². The number of hydrogen-bond donors (Lipinski definition) is 1. The van der Waals surface area contributed by atoms with Crippen molar-refractivity contribution in [3.63, 3.8) is 0 Å². The van der Waals surface area contributed by atoms with Gasteiger partial charge in [-0.25, -0.2) is 0 Å². The van der Waals surface area contributed by atoms with Gasteiger partial charge in [-0.2, -0.15) is 4.98 Å². The predicted molar refractivity (Wildman–Crippen MR) is 73.6 cm³/mol. The molecule has 1 aliphatic rings. The van der Waals surface area contributed by atoms with Crippen molar-refractivity contribution in [3.8, 4) is 0 Å². The van der Waals surface area contributed by atoms with Crippen LogP contribution in [-0.2, 0) is 11.3 Å². The van der Waals surface area contributed by atoms with Gasteiger partial charge in [0.1, 0.15) is 11.9 Å². The van der Waals surface area contributed by atoms with E-state index in [-0.39, 0.29) is 12.2 Å². The fourth-order valence-electron chi connectivity index (χ4n) is 2.59. The first-order valence-electron chi connectivity index (χ1n) is 7.21. The summed E-state index contributed by atoms with van der Waals surface area (Å²) in [7, 11) is 0. The lowest BCUT2D eigenvalue weighted by atomic mass is 10.2. The van der Waals surface area contributed by atoms with Crippen LogP contribution in [0.5, 0.6) is 0 Å². The monoisotopic (exact) mass is 292 g/mol. The van der Waals surface area contributed by atoms with Gasteiger partial charge in [-0.05, 0) is 33.6 Å². The van der Waals surface area contributed by atoms with Crippen molar-refractivity contribution in [2.45, 2.75) is 52.4 Å². The van der Waals surface area contributed by atoms with E-state index in [0.29, 0.717) is 11.7 Å². The summed E-state index contributed by atoms with van der Waals surface area (Å²) in [6, 6.07) is 0. The Morgan fingerprint density at radius 2 is 2.00 bits per heavy atom. The van der Waals surface area contributed by atoms with Gasteiger partial charge in [-0.15, -0.1) is 0 Å². The van der Waals surface area contributed by atoms with Gasteiger partial charge in [0.05, 0.1) is 11.8 Å². The number of ether oxygens (including phenoxy) is 1. The molecule has 2 aromatic rings. The highest BCUT2D eigenvalue weighted by atomic mass is 16.5. The fraction of sp³-hybridized carbons (Fsp3) is 0.643. The number of aromatic nitrogens is 3. The van der Waals surface area contributed by atoms with Crippen LogP contribution in [0.3, 0.4) is 0 Å². The van der Waals surface area contributed by atoms with Crippen LogP contribution >= 0.6 is 0 Å². The Morgan fingerprint density at radius 3 is 2.67 bits per heavy atom. The van der Waals surface area contributed by atoms with E-state index in [1.807, 2.05) is 20.8 Å². The summed E-state index contributed by atoms with van der Waals surface area (Å²) < 4.78 is 16.3. The van der Waals surface area contributed by atoms with Crippen molar-refractivity contribution in [1.29, 1.82) is 0 Å². The lowest BCUT2D eigenvalue weighted by Crippen LogP contribution is -2.26. The SMILES string of the molecule is Cc1noc([C@@H]2CC[C@H](CNCc3c(C)noc3C)O2)n1. The number of nitrogens with one attached hydrogen (secondary N) is 1. The summed E-state index contributed by atoms with van der Waals surface area (Å²) in [6.45, 7) is 7.22. The topological polar surface area (TPSA) is 86.2 Å². The zero-order chi connectivity index (χ0) is 14.8. The molecule has 0 unspecified atom stereocenters. The third-order valence-electron chi connectivity index (χ3n) is 3.78. The largest absolute Gasteiger partial charge is 0.364 e. The highest BCUT2D eigenvalue weighted by Crippen LogP contribution is 2.31. The molecule has 2 atom stereocenters.